The number of halogens is 6. The van der Waals surface area contributed by atoms with Crippen LogP contribution >= 0.6 is 0 Å². The third-order valence-corrected chi connectivity index (χ3v) is 7.43. The Kier molecular flexibility index (Phi) is 8.27. The lowest BCUT2D eigenvalue weighted by Gasteiger charge is -2.19. The van der Waals surface area contributed by atoms with E-state index >= 15 is 4.39 Å². The van der Waals surface area contributed by atoms with Gasteiger partial charge >= 0.3 is 6.18 Å². The molecule has 3 heterocycles. The third-order valence-electron chi connectivity index (χ3n) is 7.43. The number of hydrogen-bond acceptors (Lipinski definition) is 8. The minimum absolute atomic E-state index is 0.00103. The second kappa shape index (κ2) is 11.8. The number of anilines is 2. The second-order valence-electron chi connectivity index (χ2n) is 10.6. The number of rotatable bonds is 11. The van der Waals surface area contributed by atoms with Gasteiger partial charge in [0.2, 0.25) is 0 Å². The van der Waals surface area contributed by atoms with Crippen molar-refractivity contribution in [2.24, 2.45) is 0 Å². The predicted molar refractivity (Wildman–Crippen MR) is 150 cm³/mol. The molecular weight excluding hydrogens is 596 g/mol. The molecule has 4 aromatic rings. The Morgan fingerprint density at radius 3 is 2.59 bits per heavy atom. The quantitative estimate of drug-likeness (QED) is 0.195. The molecule has 1 atom stereocenters. The topological polar surface area (TPSA) is 127 Å². The van der Waals surface area contributed by atoms with Crippen LogP contribution in [0.5, 0.6) is 5.75 Å². The minimum Gasteiger partial charge on any atom is -0.491 e. The number of aromatic amines is 1. The maximum absolute atomic E-state index is 15.3. The molecule has 234 valence electrons. The van der Waals surface area contributed by atoms with Gasteiger partial charge in [-0.25, -0.2) is 28.2 Å². The normalized spacial score (nSPS) is 14.9. The predicted octanol–water partition coefficient (Wildman–Crippen LogP) is 5.20. The molecule has 0 radical (unpaired) electrons. The van der Waals surface area contributed by atoms with Crippen LogP contribution in [-0.4, -0.2) is 49.8 Å². The number of benzene rings is 1. The number of ether oxygens (including phenoxy) is 1. The number of aromatic nitrogens is 5. The number of fused-ring (bicyclic) bond motifs is 1. The molecule has 0 aliphatic heterocycles. The number of hydrogen-bond donors (Lipinski definition) is 3. The summed E-state index contributed by atoms with van der Waals surface area (Å²) in [5, 5.41) is 11.0. The van der Waals surface area contributed by atoms with Crippen LogP contribution < -0.4 is 26.5 Å². The van der Waals surface area contributed by atoms with Gasteiger partial charge in [0, 0.05) is 18.8 Å². The number of nitrogens with zero attached hydrogens (tertiary/aromatic N) is 4. The standard InChI is InChI=1S/C28H27F6N7O3/c1-14(37-19-12-36-40-24(42)21(19)28(32,33)34)4-3-8-41-9-5-15-10-17(18(29)11-16(15)25(41)43)22-35-13-20(44-2)23(38-22)39-27(6-7-27)26(30)31/h5,9-14,26H,3-4,6-8H2,1-2H3,(H,35,38,39)(H2,37,40,42). The van der Waals surface area contributed by atoms with E-state index in [1.54, 1.807) is 18.1 Å². The molecule has 1 aromatic carbocycles. The van der Waals surface area contributed by atoms with Gasteiger partial charge in [-0.2, -0.15) is 18.3 Å². The van der Waals surface area contributed by atoms with Crippen LogP contribution in [0.1, 0.15) is 38.2 Å². The molecular formula is C28H27F6N7O3. The summed E-state index contributed by atoms with van der Waals surface area (Å²) in [6.07, 6.45) is -2.69. The molecule has 1 saturated carbocycles. The van der Waals surface area contributed by atoms with E-state index in [0.29, 0.717) is 18.2 Å². The Bertz CT molecular complexity index is 1800. The number of pyridine rings is 1. The highest BCUT2D eigenvalue weighted by Crippen LogP contribution is 2.45. The summed E-state index contributed by atoms with van der Waals surface area (Å²) in [5.74, 6) is -0.779. The maximum Gasteiger partial charge on any atom is 0.423 e. The molecule has 1 aliphatic rings. The molecule has 3 N–H and O–H groups in total. The fourth-order valence-electron chi connectivity index (χ4n) is 4.86. The SMILES string of the molecule is COc1cnc(-c2cc3ccn(CCCC(C)Nc4cn[nH]c(=O)c4C(F)(F)F)c(=O)c3cc2F)nc1NC1(C(F)F)CC1. The molecule has 0 spiro atoms. The molecule has 16 heteroatoms. The largest absolute Gasteiger partial charge is 0.491 e. The first kappa shape index (κ1) is 30.8. The van der Waals surface area contributed by atoms with Gasteiger partial charge in [-0.05, 0) is 56.2 Å². The van der Waals surface area contributed by atoms with Gasteiger partial charge in [-0.3, -0.25) is 9.59 Å². The van der Waals surface area contributed by atoms with Gasteiger partial charge < -0.3 is 19.9 Å². The van der Waals surface area contributed by atoms with E-state index in [2.05, 4.69) is 25.7 Å². The summed E-state index contributed by atoms with van der Waals surface area (Å²) in [4.78, 5) is 33.2. The average Bonchev–Trinajstić information content (AvgIpc) is 3.74. The number of nitrogens with one attached hydrogen (secondary N) is 3. The molecule has 0 saturated heterocycles. The zero-order valence-corrected chi connectivity index (χ0v) is 23.4. The van der Waals surface area contributed by atoms with Crippen LogP contribution in [0.2, 0.25) is 0 Å². The Hall–Kier alpha value is -4.63. The number of alkyl halides is 5. The Morgan fingerprint density at radius 2 is 1.93 bits per heavy atom. The lowest BCUT2D eigenvalue weighted by molar-refractivity contribution is -0.138. The maximum atomic E-state index is 15.3. The molecule has 10 nitrogen and oxygen atoms in total. The van der Waals surface area contributed by atoms with E-state index in [1.807, 2.05) is 0 Å². The van der Waals surface area contributed by atoms with Crippen LogP contribution in [0.4, 0.5) is 37.8 Å². The van der Waals surface area contributed by atoms with E-state index in [0.717, 1.165) is 12.3 Å². The van der Waals surface area contributed by atoms with Crippen LogP contribution in [0.15, 0.2) is 46.4 Å². The molecule has 3 aromatic heterocycles. The van der Waals surface area contributed by atoms with Crippen molar-refractivity contribution in [3.63, 3.8) is 0 Å². The highest BCUT2D eigenvalue weighted by atomic mass is 19.4. The first-order valence-corrected chi connectivity index (χ1v) is 13.5. The number of H-pyrrole nitrogens is 1. The van der Waals surface area contributed by atoms with Crippen molar-refractivity contribution in [3.8, 4) is 17.1 Å². The zero-order valence-electron chi connectivity index (χ0n) is 23.4. The molecule has 1 unspecified atom stereocenters. The first-order valence-electron chi connectivity index (χ1n) is 13.5. The molecule has 1 fully saturated rings. The Morgan fingerprint density at radius 1 is 1.18 bits per heavy atom. The smallest absolute Gasteiger partial charge is 0.423 e. The zero-order chi connectivity index (χ0) is 31.8. The number of aryl methyl sites for hydroxylation is 1. The van der Waals surface area contributed by atoms with Gasteiger partial charge in [0.25, 0.3) is 17.5 Å². The summed E-state index contributed by atoms with van der Waals surface area (Å²) < 4.78 is 88.8. The number of methoxy groups -OCH3 is 1. The van der Waals surface area contributed by atoms with Crippen molar-refractivity contribution in [2.75, 3.05) is 17.7 Å². The minimum atomic E-state index is -4.88. The Balaban J connectivity index is 1.32. The summed E-state index contributed by atoms with van der Waals surface area (Å²) in [6, 6.07) is 3.53. The van der Waals surface area contributed by atoms with Crippen molar-refractivity contribution >= 4 is 22.3 Å². The molecule has 0 bridgehead atoms. The van der Waals surface area contributed by atoms with Crippen molar-refractivity contribution in [2.45, 2.75) is 63.3 Å². The van der Waals surface area contributed by atoms with Crippen molar-refractivity contribution < 1.29 is 31.1 Å². The third kappa shape index (κ3) is 6.19. The van der Waals surface area contributed by atoms with Gasteiger partial charge in [0.1, 0.15) is 11.4 Å². The molecule has 0 amide bonds. The molecule has 1 aliphatic carbocycles. The summed E-state index contributed by atoms with van der Waals surface area (Å²) >= 11 is 0. The van der Waals surface area contributed by atoms with E-state index in [4.69, 9.17) is 4.74 Å². The van der Waals surface area contributed by atoms with Gasteiger partial charge in [-0.1, -0.05) is 0 Å². The monoisotopic (exact) mass is 623 g/mol. The van der Waals surface area contributed by atoms with Gasteiger partial charge in [-0.15, -0.1) is 0 Å². The lowest BCUT2D eigenvalue weighted by atomic mass is 10.1. The van der Waals surface area contributed by atoms with E-state index in [-0.39, 0.29) is 47.7 Å². The van der Waals surface area contributed by atoms with Crippen molar-refractivity contribution in [3.05, 3.63) is 68.9 Å². The summed E-state index contributed by atoms with van der Waals surface area (Å²) in [5.41, 5.74) is -5.15. The van der Waals surface area contributed by atoms with E-state index < -0.39 is 52.4 Å². The molecule has 44 heavy (non-hydrogen) atoms. The van der Waals surface area contributed by atoms with Crippen LogP contribution in [-0.2, 0) is 12.7 Å². The molecule has 5 rings (SSSR count). The van der Waals surface area contributed by atoms with Crippen molar-refractivity contribution in [1.29, 1.82) is 0 Å². The average molecular weight is 624 g/mol. The van der Waals surface area contributed by atoms with E-state index in [1.165, 1.54) is 30.1 Å². The van der Waals surface area contributed by atoms with Crippen molar-refractivity contribution in [1.82, 2.24) is 24.7 Å². The second-order valence-corrected chi connectivity index (χ2v) is 10.6. The summed E-state index contributed by atoms with van der Waals surface area (Å²) in [6.45, 7) is 1.81. The lowest BCUT2D eigenvalue weighted by Crippen LogP contribution is -2.30. The van der Waals surface area contributed by atoms with E-state index in [9.17, 15) is 31.5 Å². The highest BCUT2D eigenvalue weighted by molar-refractivity contribution is 5.86. The first-order chi connectivity index (χ1) is 20.8. The Labute approximate surface area is 245 Å². The van der Waals surface area contributed by atoms with Gasteiger partial charge in [0.15, 0.2) is 17.4 Å². The van der Waals surface area contributed by atoms with Crippen LogP contribution in [0.25, 0.3) is 22.2 Å². The van der Waals surface area contributed by atoms with Crippen LogP contribution in [0.3, 0.4) is 0 Å². The van der Waals surface area contributed by atoms with Crippen LogP contribution in [0, 0.1) is 5.82 Å². The fraction of sp³-hybridized carbons (Fsp3) is 0.393. The van der Waals surface area contributed by atoms with Gasteiger partial charge in [0.05, 0.1) is 41.7 Å². The highest BCUT2D eigenvalue weighted by Gasteiger charge is 2.52. The summed E-state index contributed by atoms with van der Waals surface area (Å²) in [7, 11) is 1.33. The fourth-order valence-corrected chi connectivity index (χ4v) is 4.86.